The van der Waals surface area contributed by atoms with E-state index in [0.29, 0.717) is 0 Å². The average molecular weight is 318 g/mol. The molecule has 0 unspecified atom stereocenters. The van der Waals surface area contributed by atoms with Gasteiger partial charge in [0.25, 0.3) is 0 Å². The lowest BCUT2D eigenvalue weighted by molar-refractivity contribution is -0.186. The minimum Gasteiger partial charge on any atom is -0.459 e. The van der Waals surface area contributed by atoms with Crippen LogP contribution < -0.4 is 0 Å². The third-order valence-corrected chi connectivity index (χ3v) is 7.32. The Morgan fingerprint density at radius 1 is 1.22 bits per heavy atom. The molecular formula is C18H22O5. The Kier molecular flexibility index (Phi) is 2.70. The number of carbonyl (C=O) groups excluding carboxylic acids is 3. The van der Waals surface area contributed by atoms with Crippen molar-refractivity contribution in [1.29, 1.82) is 0 Å². The number of rotatable bonds is 0. The lowest BCUT2D eigenvalue weighted by Crippen LogP contribution is -2.67. The Morgan fingerprint density at radius 2 is 1.87 bits per heavy atom. The molecule has 0 spiro atoms. The highest BCUT2D eigenvalue weighted by Crippen LogP contribution is 2.66. The van der Waals surface area contributed by atoms with Gasteiger partial charge in [-0.15, -0.1) is 0 Å². The first-order chi connectivity index (χ1) is 10.6. The van der Waals surface area contributed by atoms with Crippen molar-refractivity contribution in [2.24, 2.45) is 34.5 Å². The number of ether oxygens (including phenoxy) is 1. The van der Waals surface area contributed by atoms with Crippen molar-refractivity contribution in [2.45, 2.75) is 46.3 Å². The second kappa shape index (κ2) is 4.12. The van der Waals surface area contributed by atoms with Gasteiger partial charge in [-0.2, -0.15) is 0 Å². The van der Waals surface area contributed by atoms with Crippen molar-refractivity contribution in [2.75, 3.05) is 0 Å². The van der Waals surface area contributed by atoms with E-state index in [1.54, 1.807) is 13.0 Å². The Balaban J connectivity index is 1.94. The number of allylic oxidation sites excluding steroid dienone is 2. The molecule has 1 N–H and O–H groups in total. The lowest BCUT2D eigenvalue weighted by Gasteiger charge is -2.58. The zero-order valence-electron chi connectivity index (χ0n) is 13.8. The summed E-state index contributed by atoms with van der Waals surface area (Å²) in [6, 6.07) is 0. The third-order valence-electron chi connectivity index (χ3n) is 7.32. The van der Waals surface area contributed by atoms with Crippen LogP contribution in [0, 0.1) is 34.5 Å². The van der Waals surface area contributed by atoms with E-state index in [1.807, 2.05) is 20.8 Å². The zero-order valence-corrected chi connectivity index (χ0v) is 13.8. The van der Waals surface area contributed by atoms with Gasteiger partial charge in [-0.05, 0) is 18.9 Å². The van der Waals surface area contributed by atoms with Crippen LogP contribution in [-0.2, 0) is 19.1 Å². The summed E-state index contributed by atoms with van der Waals surface area (Å²) in [4.78, 5) is 38.2. The number of carbonyl (C=O) groups is 3. The Bertz CT molecular complexity index is 679. The van der Waals surface area contributed by atoms with Crippen LogP contribution in [0.4, 0.5) is 0 Å². The lowest BCUT2D eigenvalue weighted by atomic mass is 9.42. The van der Waals surface area contributed by atoms with Crippen molar-refractivity contribution in [3.05, 3.63) is 11.6 Å². The molecule has 0 amide bonds. The van der Waals surface area contributed by atoms with Crippen molar-refractivity contribution >= 4 is 17.5 Å². The van der Waals surface area contributed by atoms with Crippen LogP contribution in [-0.4, -0.2) is 34.9 Å². The summed E-state index contributed by atoms with van der Waals surface area (Å²) >= 11 is 0. The maximum absolute atomic E-state index is 13.1. The second-order valence-corrected chi connectivity index (χ2v) is 8.20. The van der Waals surface area contributed by atoms with E-state index >= 15 is 0 Å². The molecule has 2 saturated carbocycles. The number of hydrogen-bond donors (Lipinski definition) is 1. The third kappa shape index (κ3) is 1.41. The normalized spacial score (nSPS) is 54.5. The molecular weight excluding hydrogens is 296 g/mol. The average Bonchev–Trinajstić information content (AvgIpc) is 2.83. The summed E-state index contributed by atoms with van der Waals surface area (Å²) in [6.07, 6.45) is 0.255. The van der Waals surface area contributed by atoms with Crippen molar-refractivity contribution in [1.82, 2.24) is 0 Å². The van der Waals surface area contributed by atoms with Gasteiger partial charge in [0.1, 0.15) is 11.9 Å². The topological polar surface area (TPSA) is 80.7 Å². The van der Waals surface area contributed by atoms with Crippen molar-refractivity contribution in [3.8, 4) is 0 Å². The van der Waals surface area contributed by atoms with E-state index in [9.17, 15) is 19.5 Å². The molecule has 23 heavy (non-hydrogen) atoms. The van der Waals surface area contributed by atoms with Gasteiger partial charge in [-0.25, -0.2) is 0 Å². The second-order valence-electron chi connectivity index (χ2n) is 8.20. The van der Waals surface area contributed by atoms with Crippen LogP contribution in [0.25, 0.3) is 0 Å². The van der Waals surface area contributed by atoms with Crippen LogP contribution in [0.2, 0.25) is 0 Å². The molecule has 3 aliphatic carbocycles. The summed E-state index contributed by atoms with van der Waals surface area (Å²) in [7, 11) is 0. The van der Waals surface area contributed by atoms with E-state index < -0.39 is 40.8 Å². The van der Waals surface area contributed by atoms with Crippen LogP contribution in [0.3, 0.4) is 0 Å². The van der Waals surface area contributed by atoms with Crippen molar-refractivity contribution < 1.29 is 24.2 Å². The number of Topliss-reactive ketones (excluding diaryl/α,β-unsaturated/α-hetero) is 1. The molecule has 1 heterocycles. The molecule has 1 aliphatic heterocycles. The molecule has 3 fully saturated rings. The van der Waals surface area contributed by atoms with E-state index in [4.69, 9.17) is 4.74 Å². The van der Waals surface area contributed by atoms with Crippen LogP contribution in [0.1, 0.15) is 34.1 Å². The number of esters is 1. The molecule has 0 radical (unpaired) electrons. The summed E-state index contributed by atoms with van der Waals surface area (Å²) in [5.41, 5.74) is -0.975. The van der Waals surface area contributed by atoms with Crippen LogP contribution in [0.5, 0.6) is 0 Å². The van der Waals surface area contributed by atoms with E-state index in [1.165, 1.54) is 0 Å². The number of aliphatic hydroxyl groups is 1. The summed E-state index contributed by atoms with van der Waals surface area (Å²) in [5, 5.41) is 11.0. The number of hydrogen-bond acceptors (Lipinski definition) is 5. The fourth-order valence-electron chi connectivity index (χ4n) is 6.21. The highest BCUT2D eigenvalue weighted by molar-refractivity contribution is 6.03. The van der Waals surface area contributed by atoms with Gasteiger partial charge in [-0.1, -0.05) is 26.3 Å². The summed E-state index contributed by atoms with van der Waals surface area (Å²) < 4.78 is 5.40. The number of ketones is 2. The monoisotopic (exact) mass is 318 g/mol. The maximum Gasteiger partial charge on any atom is 0.310 e. The van der Waals surface area contributed by atoms with Crippen LogP contribution >= 0.6 is 0 Å². The first kappa shape index (κ1) is 15.1. The molecule has 4 aliphatic rings. The van der Waals surface area contributed by atoms with Crippen LogP contribution in [0.15, 0.2) is 11.6 Å². The predicted molar refractivity (Wildman–Crippen MR) is 80.1 cm³/mol. The maximum atomic E-state index is 13.1. The molecule has 0 aromatic carbocycles. The molecule has 0 aromatic heterocycles. The molecule has 5 nitrogen and oxygen atoms in total. The van der Waals surface area contributed by atoms with E-state index in [0.717, 1.165) is 5.57 Å². The quantitative estimate of drug-likeness (QED) is 0.681. The molecule has 8 atom stereocenters. The van der Waals surface area contributed by atoms with Gasteiger partial charge in [0.15, 0.2) is 5.78 Å². The Morgan fingerprint density at radius 3 is 2.52 bits per heavy atom. The standard InChI is InChI=1S/C18H22O5/c1-7-5-10(19)17(3)9(7)6-11(20)18(4)12-8(2)14(23-16(12)22)13(21)15(17)18/h5,8-9,12-15,21H,6H2,1-4H3/t8-,9+,12-,13+,14-,15+,17-,18+/m1/s1. The van der Waals surface area contributed by atoms with Gasteiger partial charge in [0.2, 0.25) is 0 Å². The molecule has 124 valence electrons. The van der Waals surface area contributed by atoms with E-state index in [2.05, 4.69) is 0 Å². The molecule has 2 bridgehead atoms. The summed E-state index contributed by atoms with van der Waals surface area (Å²) in [6.45, 7) is 7.34. The van der Waals surface area contributed by atoms with Gasteiger partial charge in [0, 0.05) is 29.1 Å². The minimum atomic E-state index is -1.04. The van der Waals surface area contributed by atoms with Crippen molar-refractivity contribution in [3.63, 3.8) is 0 Å². The molecule has 5 heteroatoms. The molecule has 0 aromatic rings. The predicted octanol–water partition coefficient (Wildman–Crippen LogP) is 1.29. The smallest absolute Gasteiger partial charge is 0.310 e. The highest BCUT2D eigenvalue weighted by atomic mass is 16.6. The highest BCUT2D eigenvalue weighted by Gasteiger charge is 2.74. The molecule has 4 rings (SSSR count). The number of aliphatic hydroxyl groups excluding tert-OH is 1. The summed E-state index contributed by atoms with van der Waals surface area (Å²) in [5.74, 6) is -2.02. The van der Waals surface area contributed by atoms with Gasteiger partial charge >= 0.3 is 5.97 Å². The first-order valence-corrected chi connectivity index (χ1v) is 8.29. The fraction of sp³-hybridized carbons (Fsp3) is 0.722. The van der Waals surface area contributed by atoms with Gasteiger partial charge in [-0.3, -0.25) is 14.4 Å². The minimum absolute atomic E-state index is 0.0272. The van der Waals surface area contributed by atoms with E-state index in [-0.39, 0.29) is 29.8 Å². The van der Waals surface area contributed by atoms with Gasteiger partial charge < -0.3 is 9.84 Å². The largest absolute Gasteiger partial charge is 0.459 e. The van der Waals surface area contributed by atoms with Gasteiger partial charge in [0.05, 0.1) is 12.0 Å². The fourth-order valence-corrected chi connectivity index (χ4v) is 6.21. The zero-order chi connectivity index (χ0) is 16.9. The number of fused-ring (bicyclic) bond motifs is 6. The first-order valence-electron chi connectivity index (χ1n) is 8.29. The Hall–Kier alpha value is -1.49. The molecule has 1 saturated heterocycles. The SMILES string of the molecule is CC1=CC(=O)[C@]2(C)[C@@H]3[C@@H](O)[C@@H]4OC(=O)[C@@H]([C@H]4C)[C@]3(C)C(=O)C[C@@H]12. The Labute approximate surface area is 135 Å².